The Morgan fingerprint density at radius 1 is 1.19 bits per heavy atom. The molecule has 0 radical (unpaired) electrons. The maximum absolute atomic E-state index is 12.9. The van der Waals surface area contributed by atoms with E-state index in [2.05, 4.69) is 5.32 Å². The third-order valence-electron chi connectivity index (χ3n) is 5.71. The van der Waals surface area contributed by atoms with Gasteiger partial charge < -0.3 is 19.5 Å². The minimum absolute atomic E-state index is 0.223. The zero-order valence-electron chi connectivity index (χ0n) is 15.0. The normalized spacial score (nSPS) is 27.5. The van der Waals surface area contributed by atoms with Gasteiger partial charge in [0.05, 0.1) is 25.2 Å². The molecular weight excluding hydrogens is 334 g/mol. The summed E-state index contributed by atoms with van der Waals surface area (Å²) in [5.74, 6) is -1.02. The van der Waals surface area contributed by atoms with E-state index in [1.54, 1.807) is 13.8 Å². The van der Waals surface area contributed by atoms with Crippen LogP contribution >= 0.6 is 0 Å². The predicted octanol–water partition coefficient (Wildman–Crippen LogP) is 2.54. The molecule has 1 saturated carbocycles. The minimum Gasteiger partial charge on any atom is -0.465 e. The standard InChI is InChI=1S/C20H23NO5/c1-3-24-17(22)19(18(23)25-4-2)11-13-9-10-26-16-20(13,12-19)14-7-5-6-8-15(14)21-16/h5-9,16,21H,3-4,10-12H2,1-2H3/t16-,20-/m0/s1. The summed E-state index contributed by atoms with van der Waals surface area (Å²) < 4.78 is 16.6. The van der Waals surface area contributed by atoms with Gasteiger partial charge in [-0.05, 0) is 38.3 Å². The molecule has 0 unspecified atom stereocenters. The monoisotopic (exact) mass is 357 g/mol. The summed E-state index contributed by atoms with van der Waals surface area (Å²) in [5, 5.41) is 3.41. The van der Waals surface area contributed by atoms with E-state index in [1.165, 1.54) is 0 Å². The lowest BCUT2D eigenvalue weighted by Gasteiger charge is -2.36. The molecule has 0 bridgehead atoms. The molecule has 1 spiro atoms. The zero-order valence-corrected chi connectivity index (χ0v) is 15.0. The van der Waals surface area contributed by atoms with E-state index in [0.717, 1.165) is 16.8 Å². The van der Waals surface area contributed by atoms with Crippen LogP contribution in [-0.4, -0.2) is 38.0 Å². The van der Waals surface area contributed by atoms with Crippen LogP contribution in [0.25, 0.3) is 0 Å². The molecule has 0 saturated heterocycles. The number of anilines is 1. The molecule has 6 nitrogen and oxygen atoms in total. The molecule has 0 amide bonds. The molecule has 2 heterocycles. The number of carbonyl (C=O) groups is 2. The Labute approximate surface area is 152 Å². The molecule has 138 valence electrons. The number of carbonyl (C=O) groups excluding carboxylic acids is 2. The van der Waals surface area contributed by atoms with E-state index >= 15 is 0 Å². The Bertz CT molecular complexity index is 768. The second-order valence-electron chi connectivity index (χ2n) is 6.98. The van der Waals surface area contributed by atoms with Crippen molar-refractivity contribution in [3.8, 4) is 0 Å². The Hall–Kier alpha value is -2.34. The van der Waals surface area contributed by atoms with Gasteiger partial charge in [0.25, 0.3) is 0 Å². The first-order valence-corrected chi connectivity index (χ1v) is 9.10. The quantitative estimate of drug-likeness (QED) is 0.507. The van der Waals surface area contributed by atoms with Crippen LogP contribution in [0, 0.1) is 5.41 Å². The van der Waals surface area contributed by atoms with Gasteiger partial charge in [0.1, 0.15) is 6.23 Å². The summed E-state index contributed by atoms with van der Waals surface area (Å²) in [4.78, 5) is 25.8. The smallest absolute Gasteiger partial charge is 0.323 e. The van der Waals surface area contributed by atoms with Crippen LogP contribution < -0.4 is 5.32 Å². The lowest BCUT2D eigenvalue weighted by atomic mass is 9.73. The van der Waals surface area contributed by atoms with Gasteiger partial charge in [0.2, 0.25) is 0 Å². The molecule has 26 heavy (non-hydrogen) atoms. The Balaban J connectivity index is 1.85. The van der Waals surface area contributed by atoms with Gasteiger partial charge in [-0.1, -0.05) is 29.8 Å². The average Bonchev–Trinajstić information content (AvgIpc) is 3.16. The molecule has 1 aliphatic carbocycles. The van der Waals surface area contributed by atoms with Crippen LogP contribution in [0.1, 0.15) is 32.3 Å². The number of rotatable bonds is 4. The van der Waals surface area contributed by atoms with Crippen molar-refractivity contribution in [1.29, 1.82) is 0 Å². The maximum atomic E-state index is 12.9. The molecule has 6 heteroatoms. The lowest BCUT2D eigenvalue weighted by molar-refractivity contribution is -0.172. The van der Waals surface area contributed by atoms with Crippen molar-refractivity contribution in [2.45, 2.75) is 38.3 Å². The first-order valence-electron chi connectivity index (χ1n) is 9.10. The van der Waals surface area contributed by atoms with Gasteiger partial charge in [0, 0.05) is 5.69 Å². The van der Waals surface area contributed by atoms with Crippen LogP contribution in [-0.2, 0) is 29.2 Å². The van der Waals surface area contributed by atoms with Crippen molar-refractivity contribution in [2.75, 3.05) is 25.1 Å². The molecule has 2 aliphatic heterocycles. The van der Waals surface area contributed by atoms with E-state index in [1.807, 2.05) is 30.3 Å². The Kier molecular flexibility index (Phi) is 4.03. The van der Waals surface area contributed by atoms with Crippen molar-refractivity contribution < 1.29 is 23.8 Å². The molecule has 0 aromatic heterocycles. The van der Waals surface area contributed by atoms with Crippen molar-refractivity contribution >= 4 is 17.6 Å². The molecule has 1 N–H and O–H groups in total. The van der Waals surface area contributed by atoms with Crippen LogP contribution in [0.5, 0.6) is 0 Å². The first-order chi connectivity index (χ1) is 12.6. The summed E-state index contributed by atoms with van der Waals surface area (Å²) in [6, 6.07) is 7.97. The number of esters is 2. The number of hydrogen-bond acceptors (Lipinski definition) is 6. The number of hydrogen-bond donors (Lipinski definition) is 1. The number of nitrogens with one attached hydrogen (secondary N) is 1. The van der Waals surface area contributed by atoms with E-state index in [9.17, 15) is 9.59 Å². The second-order valence-corrected chi connectivity index (χ2v) is 6.98. The Morgan fingerprint density at radius 2 is 1.88 bits per heavy atom. The topological polar surface area (TPSA) is 73.9 Å². The fourth-order valence-corrected chi connectivity index (χ4v) is 4.66. The van der Waals surface area contributed by atoms with Gasteiger partial charge in [0.15, 0.2) is 5.41 Å². The average molecular weight is 357 g/mol. The van der Waals surface area contributed by atoms with Crippen LogP contribution in [0.15, 0.2) is 35.9 Å². The number of para-hydroxylation sites is 1. The first kappa shape index (κ1) is 17.1. The highest BCUT2D eigenvalue weighted by atomic mass is 16.6. The molecule has 1 aromatic carbocycles. The van der Waals surface area contributed by atoms with E-state index in [-0.39, 0.29) is 25.9 Å². The second kappa shape index (κ2) is 6.13. The molecule has 2 atom stereocenters. The van der Waals surface area contributed by atoms with Gasteiger partial charge in [-0.25, -0.2) is 0 Å². The SMILES string of the molecule is CCOC(=O)C1(C(=O)OCC)CC2=CCO[C@@H]3Nc4ccccc4[C@]23C1. The van der Waals surface area contributed by atoms with Gasteiger partial charge >= 0.3 is 11.9 Å². The fraction of sp³-hybridized carbons (Fsp3) is 0.500. The lowest BCUT2D eigenvalue weighted by Crippen LogP contribution is -2.46. The van der Waals surface area contributed by atoms with Crippen molar-refractivity contribution in [3.63, 3.8) is 0 Å². The van der Waals surface area contributed by atoms with E-state index < -0.39 is 22.8 Å². The number of benzene rings is 1. The van der Waals surface area contributed by atoms with E-state index in [4.69, 9.17) is 14.2 Å². The van der Waals surface area contributed by atoms with Gasteiger partial charge in [-0.3, -0.25) is 9.59 Å². The van der Waals surface area contributed by atoms with Crippen molar-refractivity contribution in [2.24, 2.45) is 5.41 Å². The molecule has 1 fully saturated rings. The van der Waals surface area contributed by atoms with Crippen LogP contribution in [0.4, 0.5) is 5.69 Å². The summed E-state index contributed by atoms with van der Waals surface area (Å²) in [7, 11) is 0. The molecule has 4 rings (SSSR count). The summed E-state index contributed by atoms with van der Waals surface area (Å²) in [6.45, 7) is 4.38. The minimum atomic E-state index is -1.33. The van der Waals surface area contributed by atoms with Gasteiger partial charge in [-0.2, -0.15) is 0 Å². The Morgan fingerprint density at radius 3 is 2.58 bits per heavy atom. The fourth-order valence-electron chi connectivity index (χ4n) is 4.66. The highest BCUT2D eigenvalue weighted by Gasteiger charge is 2.67. The van der Waals surface area contributed by atoms with Crippen molar-refractivity contribution in [3.05, 3.63) is 41.5 Å². The molecular formula is C20H23NO5. The predicted molar refractivity (Wildman–Crippen MR) is 94.5 cm³/mol. The summed E-state index contributed by atoms with van der Waals surface area (Å²) in [6.07, 6.45) is 2.30. The summed E-state index contributed by atoms with van der Waals surface area (Å²) >= 11 is 0. The summed E-state index contributed by atoms with van der Waals surface area (Å²) in [5.41, 5.74) is 1.21. The third-order valence-corrected chi connectivity index (χ3v) is 5.71. The van der Waals surface area contributed by atoms with Crippen molar-refractivity contribution in [1.82, 2.24) is 0 Å². The maximum Gasteiger partial charge on any atom is 0.323 e. The van der Waals surface area contributed by atoms with Gasteiger partial charge in [-0.15, -0.1) is 0 Å². The third kappa shape index (κ3) is 2.14. The number of fused-ring (bicyclic) bond motifs is 1. The van der Waals surface area contributed by atoms with Crippen LogP contribution in [0.2, 0.25) is 0 Å². The highest BCUT2D eigenvalue weighted by Crippen LogP contribution is 2.62. The van der Waals surface area contributed by atoms with E-state index in [0.29, 0.717) is 13.0 Å². The van der Waals surface area contributed by atoms with Crippen LogP contribution in [0.3, 0.4) is 0 Å². The number of ether oxygens (including phenoxy) is 3. The largest absolute Gasteiger partial charge is 0.465 e. The molecule has 3 aliphatic rings. The highest BCUT2D eigenvalue weighted by molar-refractivity contribution is 6.02. The zero-order chi connectivity index (χ0) is 18.4. The molecule has 1 aromatic rings.